The predicted octanol–water partition coefficient (Wildman–Crippen LogP) is 4.96. The number of rotatable bonds is 4. The summed E-state index contributed by atoms with van der Waals surface area (Å²) in [5, 5.41) is 1.24. The van der Waals surface area contributed by atoms with E-state index in [0.717, 1.165) is 16.0 Å². The lowest BCUT2D eigenvalue weighted by Gasteiger charge is -2.00. The van der Waals surface area contributed by atoms with Crippen molar-refractivity contribution in [2.45, 2.75) is 25.4 Å². The van der Waals surface area contributed by atoms with Crippen molar-refractivity contribution >= 4 is 39.0 Å². The monoisotopic (exact) mass is 327 g/mol. The fraction of sp³-hybridized carbons (Fsp3) is 0.308. The van der Waals surface area contributed by atoms with Gasteiger partial charge in [-0.25, -0.2) is 4.98 Å². The molecule has 0 radical (unpaired) electrons. The van der Waals surface area contributed by atoms with Gasteiger partial charge in [-0.1, -0.05) is 28.1 Å². The van der Waals surface area contributed by atoms with Crippen LogP contribution in [-0.4, -0.2) is 4.98 Å². The van der Waals surface area contributed by atoms with Crippen molar-refractivity contribution in [1.82, 2.24) is 4.98 Å². The smallest absolute Gasteiger partial charge is 0.103 e. The summed E-state index contributed by atoms with van der Waals surface area (Å²) in [6, 6.07) is 8.47. The van der Waals surface area contributed by atoms with Gasteiger partial charge in [-0.05, 0) is 31.5 Å². The van der Waals surface area contributed by atoms with Crippen LogP contribution >= 0.6 is 39.0 Å². The van der Waals surface area contributed by atoms with E-state index in [-0.39, 0.29) is 0 Å². The number of halogens is 1. The lowest BCUT2D eigenvalue weighted by atomic mass is 10.2. The molecule has 0 bridgehead atoms. The molecule has 0 N–H and O–H groups in total. The van der Waals surface area contributed by atoms with Gasteiger partial charge < -0.3 is 0 Å². The predicted molar refractivity (Wildman–Crippen MR) is 80.7 cm³/mol. The van der Waals surface area contributed by atoms with Gasteiger partial charge in [-0.3, -0.25) is 0 Å². The second kappa shape index (κ2) is 6.03. The third kappa shape index (κ3) is 3.83. The maximum Gasteiger partial charge on any atom is 0.103 e. The first-order chi connectivity index (χ1) is 8.15. The van der Waals surface area contributed by atoms with E-state index in [4.69, 9.17) is 0 Å². The largest absolute Gasteiger partial charge is 0.245 e. The Morgan fingerprint density at radius 3 is 2.76 bits per heavy atom. The number of thiazole rings is 1. The van der Waals surface area contributed by atoms with E-state index >= 15 is 0 Å². The molecule has 1 nitrogen and oxygen atoms in total. The van der Waals surface area contributed by atoms with Crippen molar-refractivity contribution in [2.24, 2.45) is 0 Å². The summed E-state index contributed by atoms with van der Waals surface area (Å²) in [5.41, 5.74) is 2.53. The molecule has 0 aliphatic heterocycles. The molecule has 2 rings (SSSR count). The van der Waals surface area contributed by atoms with Gasteiger partial charge in [0.25, 0.3) is 0 Å². The summed E-state index contributed by atoms with van der Waals surface area (Å²) in [5.74, 6) is 2.04. The molecule has 0 spiro atoms. The molecule has 0 saturated heterocycles. The van der Waals surface area contributed by atoms with E-state index in [2.05, 4.69) is 59.0 Å². The van der Waals surface area contributed by atoms with Gasteiger partial charge in [0, 0.05) is 20.9 Å². The van der Waals surface area contributed by atoms with Crippen molar-refractivity contribution in [3.05, 3.63) is 49.9 Å². The fourth-order valence-corrected chi connectivity index (χ4v) is 3.90. The summed E-state index contributed by atoms with van der Waals surface area (Å²) < 4.78 is 1.15. The van der Waals surface area contributed by atoms with E-state index in [0.29, 0.717) is 0 Å². The molecule has 0 unspecified atom stereocenters. The molecule has 90 valence electrons. The third-order valence-electron chi connectivity index (χ3n) is 2.46. The van der Waals surface area contributed by atoms with Crippen LogP contribution in [0, 0.1) is 13.8 Å². The second-order valence-corrected chi connectivity index (χ2v) is 7.06. The van der Waals surface area contributed by atoms with Gasteiger partial charge in [0.15, 0.2) is 0 Å². The molecule has 1 heterocycles. The standard InChI is InChI=1S/C13H14BrNS2/c1-9-10(2)17-13(15-9)8-16-7-11-4-3-5-12(14)6-11/h3-6H,7-8H2,1-2H3. The first-order valence-corrected chi connectivity index (χ1v) is 8.16. The van der Waals surface area contributed by atoms with Crippen molar-refractivity contribution in [3.63, 3.8) is 0 Å². The maximum atomic E-state index is 4.55. The highest BCUT2D eigenvalue weighted by atomic mass is 79.9. The average molecular weight is 328 g/mol. The van der Waals surface area contributed by atoms with Crippen molar-refractivity contribution in [2.75, 3.05) is 0 Å². The number of thioether (sulfide) groups is 1. The molecule has 17 heavy (non-hydrogen) atoms. The van der Waals surface area contributed by atoms with Gasteiger partial charge in [-0.15, -0.1) is 23.1 Å². The Morgan fingerprint density at radius 2 is 2.12 bits per heavy atom. The summed E-state index contributed by atoms with van der Waals surface area (Å²) >= 11 is 7.22. The Hall–Kier alpha value is -0.320. The van der Waals surface area contributed by atoms with Gasteiger partial charge in [-0.2, -0.15) is 0 Å². The summed E-state index contributed by atoms with van der Waals surface area (Å²) in [7, 11) is 0. The molecule has 0 aliphatic carbocycles. The normalized spacial score (nSPS) is 10.8. The zero-order chi connectivity index (χ0) is 12.3. The van der Waals surface area contributed by atoms with Crippen LogP contribution in [0.5, 0.6) is 0 Å². The Labute approximate surface area is 119 Å². The maximum absolute atomic E-state index is 4.55. The SMILES string of the molecule is Cc1nc(CSCc2cccc(Br)c2)sc1C. The molecular formula is C13H14BrNS2. The molecule has 1 aromatic heterocycles. The lowest BCUT2D eigenvalue weighted by Crippen LogP contribution is -1.83. The molecule has 0 aliphatic rings. The van der Waals surface area contributed by atoms with Crippen LogP contribution < -0.4 is 0 Å². The molecule has 0 atom stereocenters. The van der Waals surface area contributed by atoms with Crippen molar-refractivity contribution in [1.29, 1.82) is 0 Å². The van der Waals surface area contributed by atoms with Gasteiger partial charge in [0.1, 0.15) is 5.01 Å². The quantitative estimate of drug-likeness (QED) is 0.787. The fourth-order valence-electron chi connectivity index (χ4n) is 1.48. The van der Waals surface area contributed by atoms with Crippen LogP contribution in [0.25, 0.3) is 0 Å². The van der Waals surface area contributed by atoms with Crippen LogP contribution in [0.2, 0.25) is 0 Å². The highest BCUT2D eigenvalue weighted by molar-refractivity contribution is 9.10. The van der Waals surface area contributed by atoms with Crippen molar-refractivity contribution < 1.29 is 0 Å². The highest BCUT2D eigenvalue weighted by Crippen LogP contribution is 2.24. The highest BCUT2D eigenvalue weighted by Gasteiger charge is 2.03. The van der Waals surface area contributed by atoms with Crippen LogP contribution in [0.15, 0.2) is 28.7 Å². The minimum Gasteiger partial charge on any atom is -0.245 e. The van der Waals surface area contributed by atoms with Gasteiger partial charge in [0.2, 0.25) is 0 Å². The Balaban J connectivity index is 1.87. The summed E-state index contributed by atoms with van der Waals surface area (Å²) in [6.07, 6.45) is 0. The molecule has 0 fully saturated rings. The lowest BCUT2D eigenvalue weighted by molar-refractivity contribution is 1.16. The molecule has 1 aromatic carbocycles. The van der Waals surface area contributed by atoms with Crippen LogP contribution in [0.4, 0.5) is 0 Å². The summed E-state index contributed by atoms with van der Waals surface area (Å²) in [6.45, 7) is 4.21. The number of aryl methyl sites for hydroxylation is 2. The number of nitrogens with zero attached hydrogens (tertiary/aromatic N) is 1. The van der Waals surface area contributed by atoms with E-state index in [1.165, 1.54) is 21.1 Å². The van der Waals surface area contributed by atoms with E-state index in [1.807, 2.05) is 23.1 Å². The minimum absolute atomic E-state index is 1.01. The first-order valence-electron chi connectivity index (χ1n) is 5.40. The molecule has 0 saturated carbocycles. The van der Waals surface area contributed by atoms with E-state index < -0.39 is 0 Å². The zero-order valence-corrected chi connectivity index (χ0v) is 13.1. The number of hydrogen-bond donors (Lipinski definition) is 0. The van der Waals surface area contributed by atoms with Crippen LogP contribution in [0.3, 0.4) is 0 Å². The Bertz CT molecular complexity index is 488. The topological polar surface area (TPSA) is 12.9 Å². The Morgan fingerprint density at radius 1 is 1.29 bits per heavy atom. The molecule has 4 heteroatoms. The first kappa shape index (κ1) is 13.1. The van der Waals surface area contributed by atoms with Crippen LogP contribution in [-0.2, 0) is 11.5 Å². The average Bonchev–Trinajstić information content (AvgIpc) is 2.58. The Kier molecular flexibility index (Phi) is 4.65. The number of benzene rings is 1. The molecule has 2 aromatic rings. The molecular weight excluding hydrogens is 314 g/mol. The number of hydrogen-bond acceptors (Lipinski definition) is 3. The number of aromatic nitrogens is 1. The van der Waals surface area contributed by atoms with Crippen LogP contribution in [0.1, 0.15) is 21.1 Å². The summed E-state index contributed by atoms with van der Waals surface area (Å²) in [4.78, 5) is 5.88. The van der Waals surface area contributed by atoms with E-state index in [1.54, 1.807) is 0 Å². The third-order valence-corrected chi connectivity index (χ3v) is 5.22. The van der Waals surface area contributed by atoms with Crippen molar-refractivity contribution in [3.8, 4) is 0 Å². The molecule has 0 amide bonds. The van der Waals surface area contributed by atoms with E-state index in [9.17, 15) is 0 Å². The minimum atomic E-state index is 1.01. The second-order valence-electron chi connectivity index (χ2n) is 3.87. The zero-order valence-electron chi connectivity index (χ0n) is 9.87. The van der Waals surface area contributed by atoms with Gasteiger partial charge in [0.05, 0.1) is 5.69 Å². The van der Waals surface area contributed by atoms with Gasteiger partial charge >= 0.3 is 0 Å².